The van der Waals surface area contributed by atoms with E-state index < -0.39 is 4.92 Å². The number of ether oxygens (including phenoxy) is 3. The van der Waals surface area contributed by atoms with E-state index >= 15 is 0 Å². The first-order chi connectivity index (χ1) is 9.61. The maximum Gasteiger partial charge on any atom is 0.273 e. The maximum atomic E-state index is 10.7. The molecule has 3 atom stereocenters. The predicted octanol–water partition coefficient (Wildman–Crippen LogP) is 2.54. The number of hydrogen-bond acceptors (Lipinski definition) is 5. The normalized spacial score (nSPS) is 25.0. The van der Waals surface area contributed by atoms with Crippen molar-refractivity contribution in [1.82, 2.24) is 0 Å². The molecule has 110 valence electrons. The van der Waals surface area contributed by atoms with Crippen LogP contribution in [0.15, 0.2) is 24.3 Å². The van der Waals surface area contributed by atoms with Crippen LogP contribution in [0.1, 0.15) is 6.42 Å². The molecule has 2 rings (SSSR count). The van der Waals surface area contributed by atoms with Gasteiger partial charge < -0.3 is 14.2 Å². The Labute approximate surface area is 125 Å². The number of alkyl halides is 1. The van der Waals surface area contributed by atoms with Crippen LogP contribution in [0.5, 0.6) is 5.75 Å². The van der Waals surface area contributed by atoms with Crippen molar-refractivity contribution >= 4 is 21.6 Å². The molecule has 1 saturated carbocycles. The molecule has 0 spiro atoms. The average molecular weight is 346 g/mol. The number of halogens is 1. The van der Waals surface area contributed by atoms with E-state index in [1.165, 1.54) is 12.1 Å². The molecule has 3 unspecified atom stereocenters. The van der Waals surface area contributed by atoms with Crippen LogP contribution in [0.4, 0.5) is 5.69 Å². The fraction of sp³-hybridized carbons (Fsp3) is 0.538. The van der Waals surface area contributed by atoms with Crippen molar-refractivity contribution in [2.75, 3.05) is 20.3 Å². The highest BCUT2D eigenvalue weighted by Crippen LogP contribution is 2.34. The van der Waals surface area contributed by atoms with E-state index in [0.717, 1.165) is 6.42 Å². The van der Waals surface area contributed by atoms with Crippen LogP contribution in [0.2, 0.25) is 0 Å². The van der Waals surface area contributed by atoms with Crippen molar-refractivity contribution in [2.45, 2.75) is 23.5 Å². The van der Waals surface area contributed by atoms with Gasteiger partial charge in [-0.3, -0.25) is 10.1 Å². The molecular weight excluding hydrogens is 330 g/mol. The van der Waals surface area contributed by atoms with Gasteiger partial charge >= 0.3 is 0 Å². The smallest absolute Gasteiger partial charge is 0.273 e. The summed E-state index contributed by atoms with van der Waals surface area (Å²) in [6.07, 6.45) is 0.642. The van der Waals surface area contributed by atoms with Gasteiger partial charge in [0, 0.05) is 24.4 Å². The first-order valence-corrected chi connectivity index (χ1v) is 7.19. The summed E-state index contributed by atoms with van der Waals surface area (Å²) < 4.78 is 16.4. The van der Waals surface area contributed by atoms with Crippen LogP contribution in [0, 0.1) is 10.1 Å². The summed E-state index contributed by atoms with van der Waals surface area (Å²) in [7, 11) is 1.62. The lowest BCUT2D eigenvalue weighted by atomic mass is 9.91. The second-order valence-corrected chi connectivity index (χ2v) is 5.67. The highest BCUT2D eigenvalue weighted by molar-refractivity contribution is 9.09. The average Bonchev–Trinajstić information content (AvgIpc) is 2.43. The highest BCUT2D eigenvalue weighted by Gasteiger charge is 2.42. The van der Waals surface area contributed by atoms with Gasteiger partial charge in [0.2, 0.25) is 0 Å². The Morgan fingerprint density at radius 2 is 2.25 bits per heavy atom. The molecule has 1 aromatic rings. The van der Waals surface area contributed by atoms with Gasteiger partial charge in [-0.05, 0) is 6.07 Å². The third kappa shape index (κ3) is 3.68. The lowest BCUT2D eigenvalue weighted by Crippen LogP contribution is -2.52. The van der Waals surface area contributed by atoms with Crippen LogP contribution in [-0.4, -0.2) is 42.3 Å². The predicted molar refractivity (Wildman–Crippen MR) is 76.5 cm³/mol. The van der Waals surface area contributed by atoms with Crippen molar-refractivity contribution in [3.8, 4) is 5.75 Å². The molecule has 1 aromatic carbocycles. The summed E-state index contributed by atoms with van der Waals surface area (Å²) in [5.41, 5.74) is 0.0223. The monoisotopic (exact) mass is 345 g/mol. The van der Waals surface area contributed by atoms with Crippen LogP contribution >= 0.6 is 15.9 Å². The number of nitro benzene ring substituents is 1. The number of non-ortho nitro benzene ring substituents is 1. The first-order valence-electron chi connectivity index (χ1n) is 6.27. The van der Waals surface area contributed by atoms with E-state index in [0.29, 0.717) is 19.0 Å². The first kappa shape index (κ1) is 15.2. The minimum atomic E-state index is -0.437. The van der Waals surface area contributed by atoms with Gasteiger partial charge in [0.15, 0.2) is 0 Å². The number of methoxy groups -OCH3 is 1. The zero-order valence-electron chi connectivity index (χ0n) is 11.0. The Bertz CT molecular complexity index is 470. The molecule has 1 fully saturated rings. The van der Waals surface area contributed by atoms with Gasteiger partial charge in [0.05, 0.1) is 24.2 Å². The van der Waals surface area contributed by atoms with E-state index in [1.54, 1.807) is 19.2 Å². The van der Waals surface area contributed by atoms with Crippen molar-refractivity contribution in [3.05, 3.63) is 34.4 Å². The molecular formula is C13H16BrNO5. The molecule has 0 saturated heterocycles. The van der Waals surface area contributed by atoms with Crippen LogP contribution in [0.25, 0.3) is 0 Å². The molecule has 1 aliphatic rings. The van der Waals surface area contributed by atoms with Gasteiger partial charge in [0.1, 0.15) is 18.0 Å². The second kappa shape index (κ2) is 7.01. The zero-order valence-corrected chi connectivity index (χ0v) is 12.6. The SMILES string of the molecule is COCCOC1C(Br)CC1Oc1cccc([N+](=O)[O-])c1. The van der Waals surface area contributed by atoms with Crippen molar-refractivity contribution in [3.63, 3.8) is 0 Å². The van der Waals surface area contributed by atoms with E-state index in [4.69, 9.17) is 14.2 Å². The summed E-state index contributed by atoms with van der Waals surface area (Å²) in [4.78, 5) is 10.5. The van der Waals surface area contributed by atoms with Crippen molar-refractivity contribution < 1.29 is 19.1 Å². The van der Waals surface area contributed by atoms with Gasteiger partial charge in [-0.2, -0.15) is 0 Å². The molecule has 6 nitrogen and oxygen atoms in total. The summed E-state index contributed by atoms with van der Waals surface area (Å²) >= 11 is 3.52. The lowest BCUT2D eigenvalue weighted by molar-refractivity contribution is -0.385. The fourth-order valence-corrected chi connectivity index (χ4v) is 2.83. The molecule has 1 aliphatic carbocycles. The Balaban J connectivity index is 1.92. The van der Waals surface area contributed by atoms with Crippen molar-refractivity contribution in [1.29, 1.82) is 0 Å². The van der Waals surface area contributed by atoms with Gasteiger partial charge in [-0.1, -0.05) is 22.0 Å². The minimum Gasteiger partial charge on any atom is -0.487 e. The second-order valence-electron chi connectivity index (χ2n) is 4.49. The topological polar surface area (TPSA) is 70.8 Å². The van der Waals surface area contributed by atoms with E-state index in [9.17, 15) is 10.1 Å². The molecule has 0 heterocycles. The molecule has 0 radical (unpaired) electrons. The number of benzene rings is 1. The molecule has 0 aliphatic heterocycles. The molecule has 0 aromatic heterocycles. The number of nitrogens with zero attached hydrogens (tertiary/aromatic N) is 1. The standard InChI is InChI=1S/C13H16BrNO5/c1-18-5-6-19-13-11(14)8-12(13)20-10-4-2-3-9(7-10)15(16)17/h2-4,7,11-13H,5-6,8H2,1H3. The zero-order chi connectivity index (χ0) is 14.5. The largest absolute Gasteiger partial charge is 0.487 e. The third-order valence-electron chi connectivity index (χ3n) is 3.09. The van der Waals surface area contributed by atoms with E-state index in [1.807, 2.05) is 0 Å². The number of hydrogen-bond donors (Lipinski definition) is 0. The van der Waals surface area contributed by atoms with Gasteiger partial charge in [-0.15, -0.1) is 0 Å². The van der Waals surface area contributed by atoms with Gasteiger partial charge in [-0.25, -0.2) is 0 Å². The number of nitro groups is 1. The van der Waals surface area contributed by atoms with Crippen LogP contribution in [0.3, 0.4) is 0 Å². The van der Waals surface area contributed by atoms with Gasteiger partial charge in [0.25, 0.3) is 5.69 Å². The highest BCUT2D eigenvalue weighted by atomic mass is 79.9. The lowest BCUT2D eigenvalue weighted by Gasteiger charge is -2.40. The summed E-state index contributed by atoms with van der Waals surface area (Å²) in [6.45, 7) is 1.03. The summed E-state index contributed by atoms with van der Waals surface area (Å²) in [5, 5.41) is 10.7. The van der Waals surface area contributed by atoms with Crippen LogP contribution < -0.4 is 4.74 Å². The Morgan fingerprint density at radius 1 is 1.45 bits per heavy atom. The fourth-order valence-electron chi connectivity index (χ4n) is 1.97. The minimum absolute atomic E-state index is 0.0223. The summed E-state index contributed by atoms with van der Waals surface area (Å²) in [6, 6.07) is 6.18. The molecule has 0 amide bonds. The Kier molecular flexibility index (Phi) is 5.33. The van der Waals surface area contributed by atoms with E-state index in [2.05, 4.69) is 15.9 Å². The Hall–Kier alpha value is -1.18. The molecule has 0 bridgehead atoms. The third-order valence-corrected chi connectivity index (χ3v) is 3.99. The molecule has 7 heteroatoms. The molecule has 20 heavy (non-hydrogen) atoms. The summed E-state index contributed by atoms with van der Waals surface area (Å²) in [5.74, 6) is 0.490. The van der Waals surface area contributed by atoms with Crippen LogP contribution in [-0.2, 0) is 9.47 Å². The number of rotatable bonds is 7. The maximum absolute atomic E-state index is 10.7. The quantitative estimate of drug-likeness (QED) is 0.328. The Morgan fingerprint density at radius 3 is 2.90 bits per heavy atom. The molecule has 0 N–H and O–H groups in total. The van der Waals surface area contributed by atoms with E-state index in [-0.39, 0.29) is 22.7 Å². The van der Waals surface area contributed by atoms with Crippen molar-refractivity contribution in [2.24, 2.45) is 0 Å².